The molecule has 0 bridgehead atoms. The molecule has 0 aliphatic carbocycles. The van der Waals surface area contributed by atoms with E-state index in [0.717, 1.165) is 5.69 Å². The van der Waals surface area contributed by atoms with Gasteiger partial charge in [0.05, 0.1) is 23.3 Å². The van der Waals surface area contributed by atoms with Gasteiger partial charge < -0.3 is 10.1 Å². The SMILES string of the molecule is COc1ccc([N+](=O)[O-])cc1NC(=O)c1ccc(C)nc1. The van der Waals surface area contributed by atoms with Crippen LogP contribution >= 0.6 is 0 Å². The quantitative estimate of drug-likeness (QED) is 0.688. The van der Waals surface area contributed by atoms with E-state index in [1.54, 1.807) is 12.1 Å². The number of anilines is 1. The Morgan fingerprint density at radius 3 is 2.67 bits per heavy atom. The molecule has 1 N–H and O–H groups in total. The molecule has 1 aromatic carbocycles. The first-order chi connectivity index (χ1) is 10.0. The number of methoxy groups -OCH3 is 1. The lowest BCUT2D eigenvalue weighted by atomic mass is 10.2. The van der Waals surface area contributed by atoms with Gasteiger partial charge in [-0.25, -0.2) is 0 Å². The maximum absolute atomic E-state index is 12.1. The normalized spacial score (nSPS) is 10.0. The summed E-state index contributed by atoms with van der Waals surface area (Å²) in [5, 5.41) is 13.4. The minimum absolute atomic E-state index is 0.131. The fourth-order valence-corrected chi connectivity index (χ4v) is 1.70. The number of ether oxygens (including phenoxy) is 1. The van der Waals surface area contributed by atoms with Crippen molar-refractivity contribution in [2.75, 3.05) is 12.4 Å². The number of nitro benzene ring substituents is 1. The van der Waals surface area contributed by atoms with Crippen molar-refractivity contribution in [3.63, 3.8) is 0 Å². The molecule has 21 heavy (non-hydrogen) atoms. The fraction of sp³-hybridized carbons (Fsp3) is 0.143. The van der Waals surface area contributed by atoms with Crippen molar-refractivity contribution in [1.29, 1.82) is 0 Å². The molecule has 1 amide bonds. The standard InChI is InChI=1S/C14H13N3O4/c1-9-3-4-10(8-15-9)14(18)16-12-7-11(17(19)20)5-6-13(12)21-2/h3-8H,1-2H3,(H,16,18). The van der Waals surface area contributed by atoms with Gasteiger partial charge in [0.2, 0.25) is 0 Å². The molecule has 1 aromatic heterocycles. The third kappa shape index (κ3) is 3.33. The van der Waals surface area contributed by atoms with Crippen molar-refractivity contribution >= 4 is 17.3 Å². The van der Waals surface area contributed by atoms with E-state index >= 15 is 0 Å². The van der Waals surface area contributed by atoms with Crippen LogP contribution < -0.4 is 10.1 Å². The highest BCUT2D eigenvalue weighted by Crippen LogP contribution is 2.29. The van der Waals surface area contributed by atoms with Crippen LogP contribution in [0.15, 0.2) is 36.5 Å². The average Bonchev–Trinajstić information content (AvgIpc) is 2.47. The van der Waals surface area contributed by atoms with Gasteiger partial charge in [0.15, 0.2) is 0 Å². The van der Waals surface area contributed by atoms with Gasteiger partial charge in [0.25, 0.3) is 11.6 Å². The van der Waals surface area contributed by atoms with Gasteiger partial charge in [0, 0.05) is 24.0 Å². The van der Waals surface area contributed by atoms with E-state index in [0.29, 0.717) is 11.3 Å². The van der Waals surface area contributed by atoms with E-state index in [1.807, 2.05) is 6.92 Å². The largest absolute Gasteiger partial charge is 0.495 e. The number of rotatable bonds is 4. The number of nitrogens with zero attached hydrogens (tertiary/aromatic N) is 2. The van der Waals surface area contributed by atoms with Crippen molar-refractivity contribution < 1.29 is 14.5 Å². The molecule has 0 atom stereocenters. The summed E-state index contributed by atoms with van der Waals surface area (Å²) >= 11 is 0. The monoisotopic (exact) mass is 287 g/mol. The molecular formula is C14H13N3O4. The number of aromatic nitrogens is 1. The van der Waals surface area contributed by atoms with Gasteiger partial charge in [-0.3, -0.25) is 19.9 Å². The maximum Gasteiger partial charge on any atom is 0.271 e. The van der Waals surface area contributed by atoms with Crippen molar-refractivity contribution in [3.8, 4) is 5.75 Å². The van der Waals surface area contributed by atoms with E-state index in [9.17, 15) is 14.9 Å². The van der Waals surface area contributed by atoms with Gasteiger partial charge >= 0.3 is 0 Å². The molecule has 0 radical (unpaired) electrons. The van der Waals surface area contributed by atoms with Crippen molar-refractivity contribution in [2.24, 2.45) is 0 Å². The number of aryl methyl sites for hydroxylation is 1. The molecule has 108 valence electrons. The van der Waals surface area contributed by atoms with Gasteiger partial charge in [-0.2, -0.15) is 0 Å². The van der Waals surface area contributed by atoms with Crippen LogP contribution in [0, 0.1) is 17.0 Å². The lowest BCUT2D eigenvalue weighted by Gasteiger charge is -2.10. The van der Waals surface area contributed by atoms with Crippen LogP contribution in [0.4, 0.5) is 11.4 Å². The second kappa shape index (κ2) is 6.00. The molecule has 0 saturated heterocycles. The molecule has 2 rings (SSSR count). The van der Waals surface area contributed by atoms with Crippen LogP contribution in [0.2, 0.25) is 0 Å². The minimum atomic E-state index is -0.539. The number of carbonyl (C=O) groups excluding carboxylic acids is 1. The van der Waals surface area contributed by atoms with Gasteiger partial charge in [-0.15, -0.1) is 0 Å². The topological polar surface area (TPSA) is 94.4 Å². The Hall–Kier alpha value is -2.96. The Kier molecular flexibility index (Phi) is 4.13. The number of pyridine rings is 1. The number of hydrogen-bond donors (Lipinski definition) is 1. The van der Waals surface area contributed by atoms with Gasteiger partial charge in [0.1, 0.15) is 5.75 Å². The Morgan fingerprint density at radius 1 is 1.33 bits per heavy atom. The highest BCUT2D eigenvalue weighted by atomic mass is 16.6. The van der Waals surface area contributed by atoms with Gasteiger partial charge in [-0.05, 0) is 25.1 Å². The molecule has 0 fully saturated rings. The molecule has 0 saturated carbocycles. The zero-order valence-electron chi connectivity index (χ0n) is 11.5. The molecular weight excluding hydrogens is 274 g/mol. The Labute approximate surface area is 120 Å². The number of carbonyl (C=O) groups is 1. The summed E-state index contributed by atoms with van der Waals surface area (Å²) in [6.45, 7) is 1.81. The minimum Gasteiger partial charge on any atom is -0.495 e. The summed E-state index contributed by atoms with van der Waals surface area (Å²) in [5.41, 5.74) is 1.25. The lowest BCUT2D eigenvalue weighted by Crippen LogP contribution is -2.13. The van der Waals surface area contributed by atoms with Crippen molar-refractivity contribution in [3.05, 3.63) is 57.9 Å². The van der Waals surface area contributed by atoms with E-state index in [-0.39, 0.29) is 11.4 Å². The summed E-state index contributed by atoms with van der Waals surface area (Å²) in [6, 6.07) is 7.32. The second-order valence-corrected chi connectivity index (χ2v) is 4.28. The highest BCUT2D eigenvalue weighted by Gasteiger charge is 2.14. The molecule has 7 nitrogen and oxygen atoms in total. The van der Waals surface area contributed by atoms with Crippen LogP contribution in [0.5, 0.6) is 5.75 Å². The highest BCUT2D eigenvalue weighted by molar-refractivity contribution is 6.05. The molecule has 1 heterocycles. The van der Waals surface area contributed by atoms with Crippen LogP contribution in [0.3, 0.4) is 0 Å². The van der Waals surface area contributed by atoms with E-state index in [4.69, 9.17) is 4.74 Å². The van der Waals surface area contributed by atoms with E-state index in [1.165, 1.54) is 31.5 Å². The molecule has 0 spiro atoms. The zero-order chi connectivity index (χ0) is 15.4. The number of non-ortho nitro benzene ring substituents is 1. The lowest BCUT2D eigenvalue weighted by molar-refractivity contribution is -0.384. The Balaban J connectivity index is 2.29. The summed E-state index contributed by atoms with van der Waals surface area (Å²) in [5.74, 6) is -0.0738. The Bertz CT molecular complexity index is 683. The van der Waals surface area contributed by atoms with E-state index in [2.05, 4.69) is 10.3 Å². The third-order valence-corrected chi connectivity index (χ3v) is 2.82. The van der Waals surface area contributed by atoms with Gasteiger partial charge in [-0.1, -0.05) is 0 Å². The predicted molar refractivity (Wildman–Crippen MR) is 76.6 cm³/mol. The molecule has 7 heteroatoms. The van der Waals surface area contributed by atoms with Crippen LogP contribution in [-0.4, -0.2) is 22.9 Å². The number of benzene rings is 1. The smallest absolute Gasteiger partial charge is 0.271 e. The number of nitro groups is 1. The van der Waals surface area contributed by atoms with Crippen LogP contribution in [-0.2, 0) is 0 Å². The summed E-state index contributed by atoms with van der Waals surface area (Å²) < 4.78 is 5.08. The summed E-state index contributed by atoms with van der Waals surface area (Å²) in [7, 11) is 1.42. The number of hydrogen-bond acceptors (Lipinski definition) is 5. The van der Waals surface area contributed by atoms with Crippen molar-refractivity contribution in [2.45, 2.75) is 6.92 Å². The third-order valence-electron chi connectivity index (χ3n) is 2.82. The second-order valence-electron chi connectivity index (χ2n) is 4.28. The molecule has 0 aliphatic rings. The Morgan fingerprint density at radius 2 is 2.10 bits per heavy atom. The number of amides is 1. The van der Waals surface area contributed by atoms with Crippen LogP contribution in [0.1, 0.15) is 16.1 Å². The average molecular weight is 287 g/mol. The zero-order valence-corrected chi connectivity index (χ0v) is 11.5. The fourth-order valence-electron chi connectivity index (χ4n) is 1.70. The molecule has 0 aliphatic heterocycles. The van der Waals surface area contributed by atoms with Crippen molar-refractivity contribution in [1.82, 2.24) is 4.98 Å². The van der Waals surface area contributed by atoms with Crippen LogP contribution in [0.25, 0.3) is 0 Å². The first-order valence-corrected chi connectivity index (χ1v) is 6.07. The van der Waals surface area contributed by atoms with E-state index < -0.39 is 10.8 Å². The number of nitrogens with one attached hydrogen (secondary N) is 1. The predicted octanol–water partition coefficient (Wildman–Crippen LogP) is 2.56. The summed E-state index contributed by atoms with van der Waals surface area (Å²) in [4.78, 5) is 26.4. The first-order valence-electron chi connectivity index (χ1n) is 6.07. The summed E-state index contributed by atoms with van der Waals surface area (Å²) in [6.07, 6.45) is 1.44. The maximum atomic E-state index is 12.1. The molecule has 2 aromatic rings. The first kappa shape index (κ1) is 14.4. The molecule has 0 unspecified atom stereocenters.